The van der Waals surface area contributed by atoms with Gasteiger partial charge in [0.25, 0.3) is 0 Å². The molecule has 1 heterocycles. The van der Waals surface area contributed by atoms with Crippen LogP contribution in [-0.2, 0) is 4.79 Å². The van der Waals surface area contributed by atoms with E-state index in [1.165, 1.54) is 25.3 Å². The van der Waals surface area contributed by atoms with E-state index in [4.69, 9.17) is 0 Å². The van der Waals surface area contributed by atoms with E-state index >= 15 is 0 Å². The fourth-order valence-electron chi connectivity index (χ4n) is 6.00. The Hall–Kier alpha value is -1.13. The van der Waals surface area contributed by atoms with E-state index in [2.05, 4.69) is 39.2 Å². The van der Waals surface area contributed by atoms with Crippen molar-refractivity contribution in [2.75, 3.05) is 19.7 Å². The molecule has 0 saturated carbocycles. The van der Waals surface area contributed by atoms with Gasteiger partial charge in [-0.05, 0) is 55.8 Å². The lowest BCUT2D eigenvalue weighted by molar-refractivity contribution is -0.124. The zero-order valence-electron chi connectivity index (χ0n) is 17.1. The van der Waals surface area contributed by atoms with E-state index in [1.54, 1.807) is 0 Å². The van der Waals surface area contributed by atoms with E-state index in [-0.39, 0.29) is 28.8 Å². The molecule has 1 aliphatic heterocycles. The molecular formula is C22H37NO3. The number of hydrogen-bond donors (Lipinski definition) is 2. The molecule has 4 nitrogen and oxygen atoms in total. The third-order valence-corrected chi connectivity index (χ3v) is 7.08. The van der Waals surface area contributed by atoms with Gasteiger partial charge in [0.15, 0.2) is 5.78 Å². The molecule has 0 aromatic rings. The van der Waals surface area contributed by atoms with Crippen LogP contribution in [0.1, 0.15) is 72.6 Å². The Morgan fingerprint density at radius 1 is 1.19 bits per heavy atom. The molecule has 2 aliphatic rings. The Bertz CT molecular complexity index is 570. The van der Waals surface area contributed by atoms with Crippen LogP contribution in [0.25, 0.3) is 0 Å². The monoisotopic (exact) mass is 363 g/mol. The van der Waals surface area contributed by atoms with Gasteiger partial charge in [0.05, 0.1) is 5.76 Å². The second kappa shape index (κ2) is 7.85. The van der Waals surface area contributed by atoms with Crippen LogP contribution in [0.5, 0.6) is 0 Å². The van der Waals surface area contributed by atoms with E-state index in [0.717, 1.165) is 18.7 Å². The minimum Gasteiger partial charge on any atom is -0.512 e. The highest BCUT2D eigenvalue weighted by molar-refractivity contribution is 5.89. The molecule has 2 N–H and O–H groups in total. The lowest BCUT2D eigenvalue weighted by atomic mass is 9.49. The number of piperidine rings is 1. The quantitative estimate of drug-likeness (QED) is 0.658. The van der Waals surface area contributed by atoms with Crippen LogP contribution in [0.2, 0.25) is 0 Å². The smallest absolute Gasteiger partial charge is 0.155 e. The normalized spacial score (nSPS) is 28.8. The summed E-state index contributed by atoms with van der Waals surface area (Å²) < 4.78 is 0. The van der Waals surface area contributed by atoms with Gasteiger partial charge < -0.3 is 10.2 Å². The summed E-state index contributed by atoms with van der Waals surface area (Å²) in [4.78, 5) is 14.4. The largest absolute Gasteiger partial charge is 0.512 e. The molecule has 1 aliphatic carbocycles. The highest BCUT2D eigenvalue weighted by Crippen LogP contribution is 2.61. The summed E-state index contributed by atoms with van der Waals surface area (Å²) in [5.41, 5.74) is 0.229. The van der Waals surface area contributed by atoms with Gasteiger partial charge in [-0.1, -0.05) is 40.7 Å². The molecule has 2 rings (SSSR count). The van der Waals surface area contributed by atoms with E-state index in [9.17, 15) is 15.0 Å². The number of carbonyl (C=O) groups excluding carboxylic acids is 1. The van der Waals surface area contributed by atoms with Gasteiger partial charge in [-0.3, -0.25) is 9.69 Å². The molecule has 0 aromatic heterocycles. The van der Waals surface area contributed by atoms with E-state index in [0.29, 0.717) is 31.4 Å². The standard InChI is InChI=1S/C22H37NO3/c1-6-17(25)10-11-18-19(26)16-20(2,3)22(12-15-24,21(18,4)5)23-13-8-7-9-14-23/h6,24,26H,1,7-16H2,2-5H3. The first-order valence-corrected chi connectivity index (χ1v) is 10.1. The van der Waals surface area contributed by atoms with E-state index < -0.39 is 0 Å². The van der Waals surface area contributed by atoms with Gasteiger partial charge in [0.1, 0.15) is 0 Å². The Kier molecular flexibility index (Phi) is 6.40. The second-order valence-electron chi connectivity index (χ2n) is 9.16. The molecule has 1 unspecified atom stereocenters. The zero-order valence-corrected chi connectivity index (χ0v) is 17.1. The van der Waals surface area contributed by atoms with Crippen molar-refractivity contribution < 1.29 is 15.0 Å². The number of hydrogen-bond acceptors (Lipinski definition) is 4. The van der Waals surface area contributed by atoms with Crippen molar-refractivity contribution in [3.05, 3.63) is 24.0 Å². The number of carbonyl (C=O) groups is 1. The van der Waals surface area contributed by atoms with Crippen LogP contribution in [0.4, 0.5) is 0 Å². The molecule has 26 heavy (non-hydrogen) atoms. The zero-order chi connectivity index (χ0) is 19.6. The predicted molar refractivity (Wildman–Crippen MR) is 106 cm³/mol. The number of nitrogens with zero attached hydrogens (tertiary/aromatic N) is 1. The maximum absolute atomic E-state index is 11.8. The lowest BCUT2D eigenvalue weighted by Crippen LogP contribution is -2.69. The fraction of sp³-hybridized carbons (Fsp3) is 0.773. The Balaban J connectivity index is 2.53. The summed E-state index contributed by atoms with van der Waals surface area (Å²) in [6.07, 6.45) is 7.18. The minimum atomic E-state index is -0.333. The van der Waals surface area contributed by atoms with Gasteiger partial charge in [-0.25, -0.2) is 0 Å². The highest BCUT2D eigenvalue weighted by atomic mass is 16.3. The number of ketones is 1. The van der Waals surface area contributed by atoms with Crippen LogP contribution in [0.3, 0.4) is 0 Å². The molecule has 0 spiro atoms. The summed E-state index contributed by atoms with van der Waals surface area (Å²) in [6, 6.07) is 0. The number of likely N-dealkylation sites (tertiary alicyclic amines) is 1. The van der Waals surface area contributed by atoms with Crippen molar-refractivity contribution in [1.82, 2.24) is 4.90 Å². The number of allylic oxidation sites excluding steroid dienone is 2. The fourth-order valence-corrected chi connectivity index (χ4v) is 6.00. The molecule has 1 saturated heterocycles. The highest BCUT2D eigenvalue weighted by Gasteiger charge is 2.61. The summed E-state index contributed by atoms with van der Waals surface area (Å²) in [6.45, 7) is 14.6. The van der Waals surface area contributed by atoms with Crippen LogP contribution in [0, 0.1) is 10.8 Å². The van der Waals surface area contributed by atoms with Gasteiger partial charge in [-0.15, -0.1) is 0 Å². The van der Waals surface area contributed by atoms with Crippen LogP contribution in [-0.4, -0.2) is 46.1 Å². The summed E-state index contributed by atoms with van der Waals surface area (Å²) >= 11 is 0. The Morgan fingerprint density at radius 3 is 2.35 bits per heavy atom. The van der Waals surface area contributed by atoms with Crippen molar-refractivity contribution >= 4 is 5.78 Å². The van der Waals surface area contributed by atoms with Crippen LogP contribution in [0.15, 0.2) is 24.0 Å². The molecule has 0 radical (unpaired) electrons. The first-order chi connectivity index (χ1) is 12.1. The topological polar surface area (TPSA) is 60.8 Å². The molecule has 1 fully saturated rings. The van der Waals surface area contributed by atoms with E-state index in [1.807, 2.05) is 0 Å². The second-order valence-corrected chi connectivity index (χ2v) is 9.16. The first kappa shape index (κ1) is 21.2. The number of aliphatic hydroxyl groups is 2. The number of aliphatic hydroxyl groups excluding tert-OH is 2. The SMILES string of the molecule is C=CC(=O)CCC1=C(O)CC(C)(C)C(CCO)(N2CCCCC2)C1(C)C. The third kappa shape index (κ3) is 3.38. The molecule has 148 valence electrons. The molecule has 4 heteroatoms. The Labute approximate surface area is 159 Å². The van der Waals surface area contributed by atoms with Crippen molar-refractivity contribution in [3.63, 3.8) is 0 Å². The van der Waals surface area contributed by atoms with Crippen LogP contribution >= 0.6 is 0 Å². The molecule has 0 bridgehead atoms. The van der Waals surface area contributed by atoms with Gasteiger partial charge >= 0.3 is 0 Å². The molecule has 0 aromatic carbocycles. The minimum absolute atomic E-state index is 0.0108. The summed E-state index contributed by atoms with van der Waals surface area (Å²) in [5, 5.41) is 20.9. The summed E-state index contributed by atoms with van der Waals surface area (Å²) in [5.74, 6) is 0.444. The van der Waals surface area contributed by atoms with Crippen molar-refractivity contribution in [1.29, 1.82) is 0 Å². The molecular weight excluding hydrogens is 326 g/mol. The third-order valence-electron chi connectivity index (χ3n) is 7.08. The van der Waals surface area contributed by atoms with Crippen molar-refractivity contribution in [2.24, 2.45) is 10.8 Å². The maximum Gasteiger partial charge on any atom is 0.155 e. The van der Waals surface area contributed by atoms with Crippen LogP contribution < -0.4 is 0 Å². The Morgan fingerprint density at radius 2 is 1.81 bits per heavy atom. The summed E-state index contributed by atoms with van der Waals surface area (Å²) in [7, 11) is 0. The predicted octanol–water partition coefficient (Wildman–Crippen LogP) is 4.40. The molecule has 1 atom stereocenters. The van der Waals surface area contributed by atoms with Gasteiger partial charge in [-0.2, -0.15) is 0 Å². The average molecular weight is 364 g/mol. The van der Waals surface area contributed by atoms with Gasteiger partial charge in [0, 0.05) is 30.4 Å². The van der Waals surface area contributed by atoms with Crippen molar-refractivity contribution in [3.8, 4) is 0 Å². The van der Waals surface area contributed by atoms with Crippen molar-refractivity contribution in [2.45, 2.75) is 78.2 Å². The first-order valence-electron chi connectivity index (χ1n) is 10.1. The maximum atomic E-state index is 11.8. The lowest BCUT2D eigenvalue weighted by Gasteiger charge is -2.65. The average Bonchev–Trinajstić information content (AvgIpc) is 2.58. The number of rotatable bonds is 7. The molecule has 0 amide bonds. The van der Waals surface area contributed by atoms with Gasteiger partial charge in [0.2, 0.25) is 0 Å².